The molecule has 1 aliphatic heterocycles. The van der Waals surface area contributed by atoms with Crippen molar-refractivity contribution in [3.05, 3.63) is 0 Å². The number of aliphatic carboxylic acids is 1. The van der Waals surface area contributed by atoms with Gasteiger partial charge in [0.05, 0.1) is 6.42 Å². The van der Waals surface area contributed by atoms with E-state index in [1.165, 1.54) is 12.8 Å². The SMILES string of the molecule is CN1CCCC(NCCC(=O)O)C1. The molecule has 76 valence electrons. The summed E-state index contributed by atoms with van der Waals surface area (Å²) in [6, 6.07) is 0.484. The maximum Gasteiger partial charge on any atom is 0.304 e. The van der Waals surface area contributed by atoms with Crippen molar-refractivity contribution in [2.24, 2.45) is 0 Å². The molecule has 1 fully saturated rings. The molecule has 4 heteroatoms. The number of carboxylic acids is 1. The molecule has 1 rings (SSSR count). The maximum absolute atomic E-state index is 10.3. The maximum atomic E-state index is 10.3. The fraction of sp³-hybridized carbons (Fsp3) is 0.889. The fourth-order valence-electron chi connectivity index (χ4n) is 1.72. The van der Waals surface area contributed by atoms with Crippen LogP contribution in [-0.4, -0.2) is 48.7 Å². The highest BCUT2D eigenvalue weighted by atomic mass is 16.4. The van der Waals surface area contributed by atoms with Crippen LogP contribution in [0.4, 0.5) is 0 Å². The lowest BCUT2D eigenvalue weighted by atomic mass is 10.1. The lowest BCUT2D eigenvalue weighted by molar-refractivity contribution is -0.136. The van der Waals surface area contributed by atoms with Gasteiger partial charge in [-0.15, -0.1) is 0 Å². The van der Waals surface area contributed by atoms with Crippen LogP contribution in [0.1, 0.15) is 19.3 Å². The molecule has 0 amide bonds. The third-order valence-corrected chi connectivity index (χ3v) is 2.40. The molecule has 13 heavy (non-hydrogen) atoms. The molecule has 1 aliphatic rings. The van der Waals surface area contributed by atoms with E-state index in [9.17, 15) is 4.79 Å². The van der Waals surface area contributed by atoms with Crippen molar-refractivity contribution in [1.82, 2.24) is 10.2 Å². The Balaban J connectivity index is 2.10. The van der Waals surface area contributed by atoms with Crippen molar-refractivity contribution in [2.45, 2.75) is 25.3 Å². The Morgan fingerprint density at radius 3 is 3.08 bits per heavy atom. The van der Waals surface area contributed by atoms with Gasteiger partial charge in [0, 0.05) is 19.1 Å². The smallest absolute Gasteiger partial charge is 0.304 e. The third-order valence-electron chi connectivity index (χ3n) is 2.40. The summed E-state index contributed by atoms with van der Waals surface area (Å²) in [7, 11) is 2.10. The van der Waals surface area contributed by atoms with Crippen molar-refractivity contribution >= 4 is 5.97 Å². The van der Waals surface area contributed by atoms with E-state index < -0.39 is 5.97 Å². The summed E-state index contributed by atoms with van der Waals surface area (Å²) >= 11 is 0. The number of piperidine rings is 1. The van der Waals surface area contributed by atoms with Crippen LogP contribution in [0.25, 0.3) is 0 Å². The van der Waals surface area contributed by atoms with E-state index in [2.05, 4.69) is 17.3 Å². The fourth-order valence-corrected chi connectivity index (χ4v) is 1.72. The normalized spacial score (nSPS) is 24.5. The summed E-state index contributed by atoms with van der Waals surface area (Å²) in [5, 5.41) is 11.7. The second-order valence-corrected chi connectivity index (χ2v) is 3.70. The topological polar surface area (TPSA) is 52.6 Å². The minimum Gasteiger partial charge on any atom is -0.481 e. The van der Waals surface area contributed by atoms with Crippen LogP contribution in [0.15, 0.2) is 0 Å². The number of likely N-dealkylation sites (N-methyl/N-ethyl adjacent to an activating group) is 1. The summed E-state index contributed by atoms with van der Waals surface area (Å²) in [4.78, 5) is 12.5. The van der Waals surface area contributed by atoms with E-state index in [-0.39, 0.29) is 6.42 Å². The highest BCUT2D eigenvalue weighted by molar-refractivity contribution is 5.66. The standard InChI is InChI=1S/C9H18N2O2/c1-11-6-2-3-8(7-11)10-5-4-9(12)13/h8,10H,2-7H2,1H3,(H,12,13). The van der Waals surface area contributed by atoms with Gasteiger partial charge in [0.25, 0.3) is 0 Å². The first kappa shape index (κ1) is 10.5. The monoisotopic (exact) mass is 186 g/mol. The van der Waals surface area contributed by atoms with Gasteiger partial charge in [-0.25, -0.2) is 0 Å². The number of likely N-dealkylation sites (tertiary alicyclic amines) is 1. The van der Waals surface area contributed by atoms with Crippen molar-refractivity contribution in [2.75, 3.05) is 26.7 Å². The Hall–Kier alpha value is -0.610. The van der Waals surface area contributed by atoms with Gasteiger partial charge in [-0.1, -0.05) is 0 Å². The van der Waals surface area contributed by atoms with Gasteiger partial charge >= 0.3 is 5.97 Å². The van der Waals surface area contributed by atoms with Crippen molar-refractivity contribution in [1.29, 1.82) is 0 Å². The van der Waals surface area contributed by atoms with E-state index >= 15 is 0 Å². The molecule has 0 saturated carbocycles. The molecule has 4 nitrogen and oxygen atoms in total. The van der Waals surface area contributed by atoms with Crippen LogP contribution in [0.5, 0.6) is 0 Å². The summed E-state index contributed by atoms with van der Waals surface area (Å²) in [5.74, 6) is -0.725. The first-order chi connectivity index (χ1) is 6.18. The molecule has 0 bridgehead atoms. The Bertz CT molecular complexity index is 173. The Labute approximate surface area is 78.9 Å². The number of carbonyl (C=O) groups is 1. The van der Waals surface area contributed by atoms with Crippen LogP contribution >= 0.6 is 0 Å². The molecule has 0 aromatic carbocycles. The molecular weight excluding hydrogens is 168 g/mol. The summed E-state index contributed by atoms with van der Waals surface area (Å²) in [6.07, 6.45) is 2.60. The summed E-state index contributed by atoms with van der Waals surface area (Å²) in [5.41, 5.74) is 0. The van der Waals surface area contributed by atoms with E-state index in [1.54, 1.807) is 0 Å². The second-order valence-electron chi connectivity index (χ2n) is 3.70. The predicted molar refractivity (Wildman–Crippen MR) is 50.8 cm³/mol. The molecule has 2 N–H and O–H groups in total. The zero-order valence-corrected chi connectivity index (χ0v) is 8.12. The van der Waals surface area contributed by atoms with Gasteiger partial charge < -0.3 is 15.3 Å². The number of nitrogens with one attached hydrogen (secondary N) is 1. The minimum atomic E-state index is -0.725. The molecule has 1 saturated heterocycles. The molecule has 0 aromatic heterocycles. The average molecular weight is 186 g/mol. The minimum absolute atomic E-state index is 0.222. The molecule has 1 atom stereocenters. The Morgan fingerprint density at radius 2 is 2.46 bits per heavy atom. The molecule has 1 unspecified atom stereocenters. The zero-order valence-electron chi connectivity index (χ0n) is 8.12. The van der Waals surface area contributed by atoms with Gasteiger partial charge in [0.2, 0.25) is 0 Å². The van der Waals surface area contributed by atoms with Crippen molar-refractivity contribution in [3.63, 3.8) is 0 Å². The average Bonchev–Trinajstić information content (AvgIpc) is 2.03. The third kappa shape index (κ3) is 4.24. The van der Waals surface area contributed by atoms with Gasteiger partial charge in [0.15, 0.2) is 0 Å². The molecule has 1 heterocycles. The lowest BCUT2D eigenvalue weighted by Gasteiger charge is -2.30. The number of rotatable bonds is 4. The number of nitrogens with zero attached hydrogens (tertiary/aromatic N) is 1. The Kier molecular flexibility index (Phi) is 4.18. The molecule has 0 aliphatic carbocycles. The van der Waals surface area contributed by atoms with E-state index in [1.807, 2.05) is 0 Å². The summed E-state index contributed by atoms with van der Waals surface area (Å²) in [6.45, 7) is 2.80. The summed E-state index contributed by atoms with van der Waals surface area (Å²) < 4.78 is 0. The van der Waals surface area contributed by atoms with E-state index in [4.69, 9.17) is 5.11 Å². The molecule has 0 aromatic rings. The first-order valence-corrected chi connectivity index (χ1v) is 4.82. The van der Waals surface area contributed by atoms with E-state index in [0.717, 1.165) is 13.1 Å². The predicted octanol–water partition coefficient (Wildman–Crippen LogP) is 0.145. The van der Waals surface area contributed by atoms with Crippen molar-refractivity contribution in [3.8, 4) is 0 Å². The van der Waals surface area contributed by atoms with Crippen LogP contribution in [0, 0.1) is 0 Å². The number of carboxylic acid groups (broad SMARTS) is 1. The van der Waals surface area contributed by atoms with Gasteiger partial charge in [-0.3, -0.25) is 4.79 Å². The first-order valence-electron chi connectivity index (χ1n) is 4.82. The van der Waals surface area contributed by atoms with Crippen LogP contribution < -0.4 is 5.32 Å². The molecule has 0 spiro atoms. The van der Waals surface area contributed by atoms with Gasteiger partial charge in [0.1, 0.15) is 0 Å². The largest absolute Gasteiger partial charge is 0.481 e. The second kappa shape index (κ2) is 5.19. The quantitative estimate of drug-likeness (QED) is 0.656. The molecular formula is C9H18N2O2. The highest BCUT2D eigenvalue weighted by Crippen LogP contribution is 2.07. The van der Waals surface area contributed by atoms with Gasteiger partial charge in [-0.2, -0.15) is 0 Å². The molecule has 0 radical (unpaired) electrons. The Morgan fingerprint density at radius 1 is 1.69 bits per heavy atom. The number of hydrogen-bond donors (Lipinski definition) is 2. The highest BCUT2D eigenvalue weighted by Gasteiger charge is 2.16. The van der Waals surface area contributed by atoms with Crippen molar-refractivity contribution < 1.29 is 9.90 Å². The lowest BCUT2D eigenvalue weighted by Crippen LogP contribution is -2.44. The van der Waals surface area contributed by atoms with Gasteiger partial charge in [-0.05, 0) is 26.4 Å². The van der Waals surface area contributed by atoms with Crippen LogP contribution in [0.3, 0.4) is 0 Å². The zero-order chi connectivity index (χ0) is 9.68. The van der Waals surface area contributed by atoms with Crippen LogP contribution in [0.2, 0.25) is 0 Å². The van der Waals surface area contributed by atoms with E-state index in [0.29, 0.717) is 12.6 Å². The number of hydrogen-bond acceptors (Lipinski definition) is 3. The van der Waals surface area contributed by atoms with Crippen LogP contribution in [-0.2, 0) is 4.79 Å².